The minimum Gasteiger partial charge on any atom is -0.457 e. The van der Waals surface area contributed by atoms with Crippen molar-refractivity contribution < 1.29 is 88.5 Å². The second-order valence-corrected chi connectivity index (χ2v) is 45.9. The minimum atomic E-state index is -1.43. The molecule has 0 unspecified atom stereocenters. The zero-order valence-corrected chi connectivity index (χ0v) is 63.3. The highest BCUT2D eigenvalue weighted by atomic mass is 31.2. The molecule has 1 amide bonds. The van der Waals surface area contributed by atoms with E-state index in [9.17, 15) is 93.6 Å². The minimum absolute atomic E-state index is 0.227. The Morgan fingerprint density at radius 1 is 0.520 bits per heavy atom. The lowest BCUT2D eigenvalue weighted by Crippen LogP contribution is -2.47. The van der Waals surface area contributed by atoms with Gasteiger partial charge in [-0.05, 0) is 124 Å². The number of hydrogen-bond donors (Lipinski definition) is 12. The Labute approximate surface area is 589 Å². The Hall–Kier alpha value is -6.27. The number of allylic oxidation sites excluding steroid dienone is 1. The first-order valence-corrected chi connectivity index (χ1v) is 44.9. The second-order valence-electron chi connectivity index (χ2n) is 28.6. The van der Waals surface area contributed by atoms with Crippen LogP contribution in [0.2, 0.25) is 0 Å². The van der Waals surface area contributed by atoms with E-state index in [0.717, 1.165) is 57.9 Å². The van der Waals surface area contributed by atoms with Crippen molar-refractivity contribution in [3.63, 3.8) is 0 Å². The van der Waals surface area contributed by atoms with Gasteiger partial charge in [0.2, 0.25) is 5.78 Å². The van der Waals surface area contributed by atoms with Crippen molar-refractivity contribution in [1.29, 1.82) is 0 Å². The summed E-state index contributed by atoms with van der Waals surface area (Å²) in [5, 5.41) is 84.8. The molecule has 0 saturated carbocycles. The monoisotopic (exact) mass is 1510 g/mol. The van der Waals surface area contributed by atoms with E-state index in [1.807, 2.05) is 43.6 Å². The van der Waals surface area contributed by atoms with Crippen LogP contribution in [0.3, 0.4) is 0 Å². The molecule has 0 radical (unpaired) electrons. The zero-order valence-electron chi connectivity index (χ0n) is 59.7. The maximum absolute atomic E-state index is 12.2. The maximum Gasteiger partial charge on any atom is 0.330 e. The van der Waals surface area contributed by atoms with Gasteiger partial charge in [0, 0.05) is 37.3 Å². The van der Waals surface area contributed by atoms with Gasteiger partial charge in [-0.15, -0.1) is 52.7 Å². The van der Waals surface area contributed by atoms with Gasteiger partial charge in [0.05, 0.1) is 42.0 Å². The number of carbonyl (C=O) groups is 5. The molecule has 0 aliphatic carbocycles. The first-order chi connectivity index (χ1) is 47.0. The van der Waals surface area contributed by atoms with Gasteiger partial charge in [-0.2, -0.15) is 0 Å². The van der Waals surface area contributed by atoms with Crippen molar-refractivity contribution in [3.8, 4) is 0 Å². The molecule has 32 nitrogen and oxygen atoms in total. The van der Waals surface area contributed by atoms with Gasteiger partial charge in [-0.25, -0.2) is 14.4 Å². The SMILES string of the molecule is C=C1NC(=O)C(C)=CN1[C@@H]1O[C@H](CCP(=C)(C)C)[C@@H](O)[C@H]1O.C=P(C)(C)CC[C@H]1O[C@@H](n2cc(/C=C/CC)c(=O)[nH]c2=O)[C@H](O)[C@@H]1O.C=P(C)(C)CC[C@H]1O[C@@H](n2cc(C(=O)CC(C)=O)c(=O)[nH]c2=O)[C@H](O)[C@@H]1O.C=P(C)(C)CC[C@H]1O[C@@H](n2cc(C(=O)COC(C)=O)c(=O)[nH]c2=O)[C@H](O)[C@@H]1O. The summed E-state index contributed by atoms with van der Waals surface area (Å²) in [6.45, 7) is 20.3. The molecule has 3 aromatic rings. The van der Waals surface area contributed by atoms with Crippen LogP contribution in [-0.4, -0.2) is 293 Å². The molecule has 5 aliphatic rings. The number of nitrogens with one attached hydrogen (secondary N) is 4. The molecular formula is C66H102N8O24P4. The topological polar surface area (TPSA) is 473 Å². The summed E-state index contributed by atoms with van der Waals surface area (Å²) in [6, 6.07) is 0. The molecule has 12 N–H and O–H groups in total. The molecule has 8 heterocycles. The Morgan fingerprint density at radius 3 is 1.20 bits per heavy atom. The maximum atomic E-state index is 12.2. The normalized spacial score (nSPS) is 27.4. The summed E-state index contributed by atoms with van der Waals surface area (Å²) in [5.41, 5.74) is -4.88. The van der Waals surface area contributed by atoms with E-state index in [0.29, 0.717) is 48.8 Å². The average Bonchev–Trinajstić information content (AvgIpc) is 1.70. The lowest BCUT2D eigenvalue weighted by molar-refractivity contribution is -0.139. The van der Waals surface area contributed by atoms with Gasteiger partial charge < -0.3 is 74.8 Å². The lowest BCUT2D eigenvalue weighted by Gasteiger charge is -2.34. The molecule has 36 heteroatoms. The van der Waals surface area contributed by atoms with Crippen LogP contribution in [0.25, 0.3) is 6.08 Å². The summed E-state index contributed by atoms with van der Waals surface area (Å²) in [5.74, 6) is -2.59. The number of ether oxygens (including phenoxy) is 5. The number of aromatic amines is 3. The number of esters is 1. The Balaban J connectivity index is 0.000000246. The molecule has 5 aliphatic heterocycles. The molecule has 8 rings (SSSR count). The Morgan fingerprint density at radius 2 is 0.853 bits per heavy atom. The van der Waals surface area contributed by atoms with Gasteiger partial charge in [0.25, 0.3) is 22.6 Å². The summed E-state index contributed by atoms with van der Waals surface area (Å²) >= 11 is 0. The molecule has 102 heavy (non-hydrogen) atoms. The third kappa shape index (κ3) is 24.1. The number of ketones is 3. The number of amides is 1. The number of rotatable bonds is 24. The number of carbonyl (C=O) groups excluding carboxylic acids is 5. The molecule has 4 fully saturated rings. The van der Waals surface area contributed by atoms with E-state index >= 15 is 0 Å². The summed E-state index contributed by atoms with van der Waals surface area (Å²) in [7, 11) is 0. The highest BCUT2D eigenvalue weighted by Crippen LogP contribution is 2.43. The Kier molecular flexibility index (Phi) is 30.6. The van der Waals surface area contributed by atoms with Crippen molar-refractivity contribution in [2.45, 2.75) is 164 Å². The number of aliphatic hydroxyl groups is 8. The van der Waals surface area contributed by atoms with Gasteiger partial charge in [-0.3, -0.25) is 67.0 Å². The molecular weight excluding hydrogens is 1410 g/mol. The van der Waals surface area contributed by atoms with Crippen LogP contribution in [0, 0.1) is 0 Å². The van der Waals surface area contributed by atoms with Crippen molar-refractivity contribution in [1.82, 2.24) is 38.9 Å². The first kappa shape index (κ1) is 86.4. The fraction of sp³-hybridized carbons (Fsp3) is 0.591. The van der Waals surface area contributed by atoms with Crippen LogP contribution in [0.5, 0.6) is 0 Å². The number of nitrogens with zero attached hydrogens (tertiary/aromatic N) is 4. The van der Waals surface area contributed by atoms with Gasteiger partial charge in [0.15, 0.2) is 37.3 Å². The summed E-state index contributed by atoms with van der Waals surface area (Å²) < 4.78 is 30.3. The number of hydrogen-bond acceptors (Lipinski definition) is 25. The summed E-state index contributed by atoms with van der Waals surface area (Å²) in [4.78, 5) is 138. The predicted octanol–water partition coefficient (Wildman–Crippen LogP) is -0.565. The number of aliphatic hydroxyl groups excluding tert-OH is 8. The highest BCUT2D eigenvalue weighted by molar-refractivity contribution is 7.73. The van der Waals surface area contributed by atoms with Crippen molar-refractivity contribution in [2.75, 3.05) is 84.6 Å². The van der Waals surface area contributed by atoms with Crippen LogP contribution in [0.15, 0.2) is 77.6 Å². The smallest absolute Gasteiger partial charge is 0.330 e. The molecule has 0 bridgehead atoms. The number of H-pyrrole nitrogens is 3. The third-order valence-corrected chi connectivity index (χ3v) is 22.5. The van der Waals surface area contributed by atoms with Gasteiger partial charge >= 0.3 is 23.0 Å². The van der Waals surface area contributed by atoms with Gasteiger partial charge in [0.1, 0.15) is 66.0 Å². The molecule has 0 aromatic carbocycles. The predicted molar refractivity (Wildman–Crippen MR) is 397 cm³/mol. The van der Waals surface area contributed by atoms with Crippen LogP contribution < -0.4 is 39.1 Å². The fourth-order valence-corrected chi connectivity index (χ4v) is 14.7. The fourth-order valence-electron chi connectivity index (χ4n) is 10.9. The molecule has 3 aromatic heterocycles. The van der Waals surface area contributed by atoms with Crippen LogP contribution in [-0.2, 0) is 38.1 Å². The third-order valence-electron chi connectivity index (χ3n) is 16.7. The quantitative estimate of drug-likeness (QED) is 0.0231. The zero-order chi connectivity index (χ0) is 77.2. The van der Waals surface area contributed by atoms with Crippen LogP contribution in [0.4, 0.5) is 0 Å². The Bertz CT molecular complexity index is 4200. The van der Waals surface area contributed by atoms with E-state index in [1.165, 1.54) is 13.1 Å². The van der Waals surface area contributed by atoms with Crippen molar-refractivity contribution >= 4 is 88.0 Å². The molecule has 570 valence electrons. The van der Waals surface area contributed by atoms with E-state index in [1.54, 1.807) is 30.2 Å². The van der Waals surface area contributed by atoms with Crippen LogP contribution in [0.1, 0.15) is 111 Å². The average molecular weight is 1520 g/mol. The highest BCUT2D eigenvalue weighted by Gasteiger charge is 2.48. The van der Waals surface area contributed by atoms with Crippen LogP contribution >= 0.6 is 27.5 Å². The molecule has 0 spiro atoms. The first-order valence-electron chi connectivity index (χ1n) is 32.7. The van der Waals surface area contributed by atoms with Crippen molar-refractivity contribution in [2.24, 2.45) is 0 Å². The van der Waals surface area contributed by atoms with E-state index in [2.05, 4.69) is 73.5 Å². The van der Waals surface area contributed by atoms with E-state index in [-0.39, 0.29) is 11.5 Å². The summed E-state index contributed by atoms with van der Waals surface area (Å²) in [6.07, 6.45) is 13.7. The molecule has 4 saturated heterocycles. The van der Waals surface area contributed by atoms with Crippen molar-refractivity contribution in [3.05, 3.63) is 128 Å². The number of Topliss-reactive ketones (excluding diaryl/α,β-unsaturated/α-hetero) is 3. The van der Waals surface area contributed by atoms with E-state index in [4.69, 9.17) is 18.9 Å². The largest absolute Gasteiger partial charge is 0.457 e. The number of aromatic nitrogens is 6. The second kappa shape index (κ2) is 36.1. The standard InChI is InChI=1S/C17H25N2O8P.C17H25N2O7P.C17H27N2O5P.C15H25N2O4P/c1-9(20)26-8-11(21)10-7-19(17(25)18-15(10)24)16-14(23)13(22)12(27-16)5-6-28(2,3)4;1-9(20)7-11(21)10-8-19(17(25)18-15(10)24)16-14(23)13(22)12(26-16)5-6-27(2,3)4;1-5-6-7-11-10-19(17(23)18-15(11)22)16-14(21)13(20)12(24-16)8-9-25(2,3)4;1-9-8-17(10(2)16-14(9)20)15-13(19)12(18)11(21-15)6-7-22(3,4)5/h7,12-14,16,22-23H,2,5-6,8H2,1,3-4H3,(H,18,24,25);8,12-14,16,22-23H,2,5-7H2,1,3-4H3,(H,18,24,25);6-7,10,12-14,16,20-21H,2,5,8-9H2,1,3-4H3,(H,18,22,23);8,11-13,15,18-19H,2-3,6-7H2,1,4-5H3,(H,16,20)/b;;7-6+;/t3*12-,13-,14-,16-;11-,12-,13-,15-/m1111/s1. The van der Waals surface area contributed by atoms with E-state index < -0.39 is 201 Å². The lowest BCUT2D eigenvalue weighted by atomic mass is 10.1. The van der Waals surface area contributed by atoms with Gasteiger partial charge in [-0.1, -0.05) is 25.7 Å². The molecule has 16 atom stereocenters.